The Labute approximate surface area is 75.1 Å². The van der Waals surface area contributed by atoms with Crippen molar-refractivity contribution < 1.29 is 0 Å². The van der Waals surface area contributed by atoms with Gasteiger partial charge in [-0.25, -0.2) is 0 Å². The zero-order chi connectivity index (χ0) is 7.72. The van der Waals surface area contributed by atoms with Crippen LogP contribution in [0.5, 0.6) is 0 Å². The van der Waals surface area contributed by atoms with E-state index in [9.17, 15) is 0 Å². The van der Waals surface area contributed by atoms with Gasteiger partial charge in [0.1, 0.15) is 5.15 Å². The Bertz CT molecular complexity index is 212. The molecule has 1 aromatic rings. The van der Waals surface area contributed by atoms with Gasteiger partial charge in [-0.15, -0.1) is 0 Å². The minimum absolute atomic E-state index is 0.144. The van der Waals surface area contributed by atoms with Crippen molar-refractivity contribution in [1.29, 1.82) is 0 Å². The Morgan fingerprint density at radius 1 is 1.60 bits per heavy atom. The van der Waals surface area contributed by atoms with Crippen molar-refractivity contribution in [2.75, 3.05) is 0 Å². The molecule has 0 bridgehead atoms. The van der Waals surface area contributed by atoms with E-state index in [1.54, 1.807) is 6.07 Å². The molecule has 4 heteroatoms. The predicted molar refractivity (Wildman–Crippen MR) is 48.2 cm³/mol. The van der Waals surface area contributed by atoms with Crippen molar-refractivity contribution in [2.24, 2.45) is 0 Å². The van der Waals surface area contributed by atoms with E-state index < -0.39 is 0 Å². The van der Waals surface area contributed by atoms with Gasteiger partial charge in [0.05, 0.1) is 5.02 Å². The van der Waals surface area contributed by atoms with Gasteiger partial charge in [0, 0.05) is 10.9 Å². The van der Waals surface area contributed by atoms with Crippen molar-refractivity contribution in [1.82, 2.24) is 4.98 Å². The summed E-state index contributed by atoms with van der Waals surface area (Å²) < 4.78 is 0. The summed E-state index contributed by atoms with van der Waals surface area (Å²) in [6.07, 6.45) is 0. The van der Waals surface area contributed by atoms with Gasteiger partial charge in [0.15, 0.2) is 0 Å². The van der Waals surface area contributed by atoms with Crippen molar-refractivity contribution in [3.8, 4) is 0 Å². The van der Waals surface area contributed by atoms with E-state index in [4.69, 9.17) is 23.2 Å². The summed E-state index contributed by atoms with van der Waals surface area (Å²) in [7, 11) is 0. The smallest absolute Gasteiger partial charge is 0.125 e. The Morgan fingerprint density at radius 2 is 2.20 bits per heavy atom. The molecular weight excluding hydrogens is 189 g/mol. The van der Waals surface area contributed by atoms with Gasteiger partial charge in [-0.2, -0.15) is 12.6 Å². The number of aromatic nitrogens is 1. The van der Waals surface area contributed by atoms with E-state index in [0.29, 0.717) is 10.2 Å². The van der Waals surface area contributed by atoms with E-state index in [1.165, 1.54) is 0 Å². The molecule has 1 aromatic heterocycles. The highest BCUT2D eigenvalue weighted by molar-refractivity contribution is 7.80. The maximum atomic E-state index is 5.68. The molecule has 1 rings (SSSR count). The van der Waals surface area contributed by atoms with Gasteiger partial charge >= 0.3 is 0 Å². The van der Waals surface area contributed by atoms with E-state index in [0.717, 1.165) is 5.69 Å². The predicted octanol–water partition coefficient (Wildman–Crippen LogP) is 3.31. The van der Waals surface area contributed by atoms with Crippen molar-refractivity contribution in [2.45, 2.75) is 12.2 Å². The number of thiol groups is 1. The van der Waals surface area contributed by atoms with Gasteiger partial charge in [-0.05, 0) is 13.0 Å². The first kappa shape index (κ1) is 8.31. The largest absolute Gasteiger partial charge is 0.347 e. The second-order valence-electron chi connectivity index (χ2n) is 2.06. The van der Waals surface area contributed by atoms with Crippen molar-refractivity contribution in [3.63, 3.8) is 0 Å². The molecule has 0 amide bonds. The molecular formula is C6H7Cl2NS. The molecule has 0 aliphatic carbocycles. The van der Waals surface area contributed by atoms with Crippen LogP contribution in [0, 0.1) is 0 Å². The maximum Gasteiger partial charge on any atom is 0.125 e. The SMILES string of the molecule is CC(S)c1cc(Cl)c(Cl)[nH]1. The van der Waals surface area contributed by atoms with E-state index >= 15 is 0 Å². The number of hydrogen-bond acceptors (Lipinski definition) is 1. The normalized spacial score (nSPS) is 13.6. The van der Waals surface area contributed by atoms with E-state index in [1.807, 2.05) is 6.92 Å². The molecule has 0 radical (unpaired) electrons. The Hall–Kier alpha value is 0.210. The minimum atomic E-state index is 0.144. The van der Waals surface area contributed by atoms with Crippen LogP contribution in [0.3, 0.4) is 0 Å². The lowest BCUT2D eigenvalue weighted by atomic mass is 10.3. The average molecular weight is 196 g/mol. The molecule has 1 heterocycles. The van der Waals surface area contributed by atoms with Crippen LogP contribution >= 0.6 is 35.8 Å². The first-order chi connectivity index (χ1) is 4.61. The highest BCUT2D eigenvalue weighted by Gasteiger charge is 2.06. The minimum Gasteiger partial charge on any atom is -0.347 e. The summed E-state index contributed by atoms with van der Waals surface area (Å²) in [6, 6.07) is 1.78. The fraction of sp³-hybridized carbons (Fsp3) is 0.333. The lowest BCUT2D eigenvalue weighted by Crippen LogP contribution is -1.81. The van der Waals surface area contributed by atoms with Crippen LogP contribution in [-0.2, 0) is 0 Å². The summed E-state index contributed by atoms with van der Waals surface area (Å²) in [6.45, 7) is 1.95. The second-order valence-corrected chi connectivity index (χ2v) is 3.62. The summed E-state index contributed by atoms with van der Waals surface area (Å²) in [5.74, 6) is 0. The molecule has 56 valence electrons. The third-order valence-electron chi connectivity index (χ3n) is 1.20. The summed E-state index contributed by atoms with van der Waals surface area (Å²) in [5, 5.41) is 1.18. The molecule has 0 aromatic carbocycles. The first-order valence-electron chi connectivity index (χ1n) is 2.83. The summed E-state index contributed by atoms with van der Waals surface area (Å²) in [4.78, 5) is 2.90. The van der Waals surface area contributed by atoms with E-state index in [2.05, 4.69) is 17.6 Å². The lowest BCUT2D eigenvalue weighted by molar-refractivity contribution is 1.04. The topological polar surface area (TPSA) is 15.8 Å². The highest BCUT2D eigenvalue weighted by atomic mass is 35.5. The van der Waals surface area contributed by atoms with Crippen LogP contribution in [0.15, 0.2) is 6.07 Å². The fourth-order valence-corrected chi connectivity index (χ4v) is 1.11. The number of halogens is 2. The number of rotatable bonds is 1. The monoisotopic (exact) mass is 195 g/mol. The molecule has 1 nitrogen and oxygen atoms in total. The lowest BCUT2D eigenvalue weighted by Gasteiger charge is -1.96. The van der Waals surface area contributed by atoms with Gasteiger partial charge in [-0.3, -0.25) is 0 Å². The zero-order valence-corrected chi connectivity index (χ0v) is 7.76. The number of H-pyrrole nitrogens is 1. The molecule has 0 saturated carbocycles. The number of hydrogen-bond donors (Lipinski definition) is 2. The third-order valence-corrected chi connectivity index (χ3v) is 2.17. The van der Waals surface area contributed by atoms with Gasteiger partial charge in [-0.1, -0.05) is 23.2 Å². The third kappa shape index (κ3) is 1.62. The molecule has 0 spiro atoms. The van der Waals surface area contributed by atoms with E-state index in [-0.39, 0.29) is 5.25 Å². The van der Waals surface area contributed by atoms with Crippen LogP contribution in [0.1, 0.15) is 17.9 Å². The van der Waals surface area contributed by atoms with Crippen molar-refractivity contribution in [3.05, 3.63) is 21.9 Å². The second kappa shape index (κ2) is 3.07. The van der Waals surface area contributed by atoms with Gasteiger partial charge in [0.25, 0.3) is 0 Å². The van der Waals surface area contributed by atoms with Crippen LogP contribution in [0.4, 0.5) is 0 Å². The molecule has 0 aliphatic rings. The molecule has 0 fully saturated rings. The Morgan fingerprint density at radius 3 is 2.40 bits per heavy atom. The van der Waals surface area contributed by atoms with Crippen LogP contribution in [-0.4, -0.2) is 4.98 Å². The number of nitrogens with one attached hydrogen (secondary N) is 1. The van der Waals surface area contributed by atoms with Crippen LogP contribution < -0.4 is 0 Å². The molecule has 1 N–H and O–H groups in total. The fourth-order valence-electron chi connectivity index (χ4n) is 0.647. The van der Waals surface area contributed by atoms with Gasteiger partial charge < -0.3 is 4.98 Å². The summed E-state index contributed by atoms with van der Waals surface area (Å²) in [5.41, 5.74) is 0.943. The van der Waals surface area contributed by atoms with Crippen molar-refractivity contribution >= 4 is 35.8 Å². The highest BCUT2D eigenvalue weighted by Crippen LogP contribution is 2.27. The Balaban J connectivity index is 2.98. The molecule has 1 unspecified atom stereocenters. The molecule has 10 heavy (non-hydrogen) atoms. The summed E-state index contributed by atoms with van der Waals surface area (Å²) >= 11 is 15.5. The first-order valence-corrected chi connectivity index (χ1v) is 4.10. The van der Waals surface area contributed by atoms with Gasteiger partial charge in [0.2, 0.25) is 0 Å². The molecule has 1 atom stereocenters. The number of aromatic amines is 1. The quantitative estimate of drug-likeness (QED) is 0.641. The molecule has 0 saturated heterocycles. The van der Waals surface area contributed by atoms with Crippen LogP contribution in [0.25, 0.3) is 0 Å². The standard InChI is InChI=1S/C6H7Cl2NS/c1-3(10)5-2-4(7)6(8)9-5/h2-3,9-10H,1H3. The Kier molecular flexibility index (Phi) is 2.55. The zero-order valence-electron chi connectivity index (χ0n) is 5.36. The molecule has 0 aliphatic heterocycles. The van der Waals surface area contributed by atoms with Crippen LogP contribution in [0.2, 0.25) is 10.2 Å². The average Bonchev–Trinajstić information content (AvgIpc) is 2.13. The maximum absolute atomic E-state index is 5.68.